The lowest BCUT2D eigenvalue weighted by Gasteiger charge is -2.32. The van der Waals surface area contributed by atoms with Crippen LogP contribution < -0.4 is 0 Å². The Morgan fingerprint density at radius 1 is 1.07 bits per heavy atom. The fourth-order valence-corrected chi connectivity index (χ4v) is 2.15. The standard InChI is InChI=1S/C14H20O/c1-13(2,3)10-14(4,5)11-6-8-12(15)9-7-11/h1,6-9,15H,10H2,2-5H3. The molecular weight excluding hydrogens is 184 g/mol. The van der Waals surface area contributed by atoms with Crippen molar-refractivity contribution in [2.45, 2.75) is 39.5 Å². The number of benzene rings is 1. The van der Waals surface area contributed by atoms with Crippen molar-refractivity contribution < 1.29 is 5.11 Å². The monoisotopic (exact) mass is 204 g/mol. The van der Waals surface area contributed by atoms with Crippen molar-refractivity contribution in [2.75, 3.05) is 0 Å². The van der Waals surface area contributed by atoms with Crippen molar-refractivity contribution >= 4 is 0 Å². The number of phenolic OH excluding ortho intramolecular Hbond substituents is 1. The van der Waals surface area contributed by atoms with Crippen molar-refractivity contribution in [1.82, 2.24) is 0 Å². The molecule has 2 radical (unpaired) electrons. The van der Waals surface area contributed by atoms with Crippen LogP contribution in [0.5, 0.6) is 5.75 Å². The predicted octanol–water partition coefficient (Wildman–Crippen LogP) is 3.80. The van der Waals surface area contributed by atoms with E-state index in [2.05, 4.69) is 13.8 Å². The summed E-state index contributed by atoms with van der Waals surface area (Å²) in [7, 11) is 0. The molecule has 1 aromatic carbocycles. The van der Waals surface area contributed by atoms with Gasteiger partial charge >= 0.3 is 0 Å². The van der Waals surface area contributed by atoms with Crippen LogP contribution in [0.2, 0.25) is 0 Å². The number of rotatable bonds is 3. The van der Waals surface area contributed by atoms with Gasteiger partial charge in [0.15, 0.2) is 0 Å². The van der Waals surface area contributed by atoms with Gasteiger partial charge in [-0.3, -0.25) is 0 Å². The number of phenols is 1. The molecule has 0 unspecified atom stereocenters. The SMILES string of the molecule is [CH]C(C)(C)CC(C)(C)c1ccc(O)cc1. The maximum atomic E-state index is 9.23. The van der Waals surface area contributed by atoms with E-state index in [0.717, 1.165) is 6.42 Å². The van der Waals surface area contributed by atoms with Crippen LogP contribution in [0.25, 0.3) is 0 Å². The van der Waals surface area contributed by atoms with E-state index in [1.807, 2.05) is 26.0 Å². The van der Waals surface area contributed by atoms with Gasteiger partial charge in [-0.25, -0.2) is 0 Å². The zero-order valence-electron chi connectivity index (χ0n) is 10.0. The third-order valence-corrected chi connectivity index (χ3v) is 2.55. The van der Waals surface area contributed by atoms with Crippen LogP contribution in [0.3, 0.4) is 0 Å². The minimum atomic E-state index is -0.179. The van der Waals surface area contributed by atoms with E-state index in [0.29, 0.717) is 5.75 Å². The van der Waals surface area contributed by atoms with Crippen molar-refractivity contribution in [1.29, 1.82) is 0 Å². The first-order valence-corrected chi connectivity index (χ1v) is 5.29. The second-order valence-corrected chi connectivity index (χ2v) is 5.60. The maximum Gasteiger partial charge on any atom is 0.115 e. The van der Waals surface area contributed by atoms with E-state index >= 15 is 0 Å². The van der Waals surface area contributed by atoms with E-state index < -0.39 is 0 Å². The largest absolute Gasteiger partial charge is 0.508 e. The molecule has 0 spiro atoms. The number of hydrogen-bond donors (Lipinski definition) is 1. The summed E-state index contributed by atoms with van der Waals surface area (Å²) in [4.78, 5) is 0. The first kappa shape index (κ1) is 12.1. The highest BCUT2D eigenvalue weighted by molar-refractivity contribution is 5.30. The molecule has 0 saturated heterocycles. The van der Waals surface area contributed by atoms with Gasteiger partial charge in [-0.1, -0.05) is 39.8 Å². The zero-order chi connectivity index (χ0) is 11.7. The number of hydrogen-bond acceptors (Lipinski definition) is 1. The van der Waals surface area contributed by atoms with Gasteiger partial charge in [0.25, 0.3) is 0 Å². The highest BCUT2D eigenvalue weighted by Gasteiger charge is 2.27. The molecule has 1 aromatic rings. The molecule has 1 nitrogen and oxygen atoms in total. The van der Waals surface area contributed by atoms with E-state index in [9.17, 15) is 5.11 Å². The molecule has 15 heavy (non-hydrogen) atoms. The molecule has 0 bridgehead atoms. The van der Waals surface area contributed by atoms with Crippen molar-refractivity contribution in [3.05, 3.63) is 36.8 Å². The van der Waals surface area contributed by atoms with Crippen LogP contribution in [0.15, 0.2) is 24.3 Å². The lowest BCUT2D eigenvalue weighted by atomic mass is 9.72. The molecule has 0 heterocycles. The molecule has 0 amide bonds. The lowest BCUT2D eigenvalue weighted by Crippen LogP contribution is -2.24. The molecule has 0 aliphatic rings. The fourth-order valence-electron chi connectivity index (χ4n) is 2.15. The molecule has 1 N–H and O–H groups in total. The minimum absolute atomic E-state index is 0.0337. The Balaban J connectivity index is 2.90. The van der Waals surface area contributed by atoms with Crippen molar-refractivity contribution in [3.8, 4) is 5.75 Å². The van der Waals surface area contributed by atoms with Crippen molar-refractivity contribution in [2.24, 2.45) is 5.41 Å². The fraction of sp³-hybridized carbons (Fsp3) is 0.500. The first-order chi connectivity index (χ1) is 6.71. The maximum absolute atomic E-state index is 9.23. The third-order valence-electron chi connectivity index (χ3n) is 2.55. The molecule has 1 heteroatoms. The second-order valence-electron chi connectivity index (χ2n) is 5.60. The predicted molar refractivity (Wildman–Crippen MR) is 63.8 cm³/mol. The Morgan fingerprint density at radius 3 is 1.93 bits per heavy atom. The average Bonchev–Trinajstić information content (AvgIpc) is 2.00. The van der Waals surface area contributed by atoms with Crippen LogP contribution in [-0.2, 0) is 5.41 Å². The summed E-state index contributed by atoms with van der Waals surface area (Å²) in [6, 6.07) is 7.36. The second kappa shape index (κ2) is 3.88. The van der Waals surface area contributed by atoms with E-state index in [1.54, 1.807) is 12.1 Å². The first-order valence-electron chi connectivity index (χ1n) is 5.29. The molecule has 0 fully saturated rings. The van der Waals surface area contributed by atoms with Crippen LogP contribution >= 0.6 is 0 Å². The van der Waals surface area contributed by atoms with Crippen LogP contribution in [-0.4, -0.2) is 5.11 Å². The van der Waals surface area contributed by atoms with E-state index in [4.69, 9.17) is 6.92 Å². The summed E-state index contributed by atoms with van der Waals surface area (Å²) in [5.74, 6) is 0.307. The molecule has 0 aromatic heterocycles. The molecule has 0 saturated carbocycles. The summed E-state index contributed by atoms with van der Waals surface area (Å²) < 4.78 is 0. The average molecular weight is 204 g/mol. The molecule has 0 aliphatic heterocycles. The molecule has 82 valence electrons. The van der Waals surface area contributed by atoms with Gasteiger partial charge in [-0.2, -0.15) is 0 Å². The van der Waals surface area contributed by atoms with Gasteiger partial charge in [-0.05, 0) is 41.9 Å². The van der Waals surface area contributed by atoms with Crippen LogP contribution in [0.4, 0.5) is 0 Å². The normalized spacial score (nSPS) is 12.9. The zero-order valence-corrected chi connectivity index (χ0v) is 10.0. The Bertz CT molecular complexity index is 314. The van der Waals surface area contributed by atoms with Crippen molar-refractivity contribution in [3.63, 3.8) is 0 Å². The Labute approximate surface area is 93.1 Å². The van der Waals surface area contributed by atoms with Gasteiger partial charge in [-0.15, -0.1) is 0 Å². The summed E-state index contributed by atoms with van der Waals surface area (Å²) in [6.45, 7) is 14.5. The molecular formula is C14H20O. The van der Waals surface area contributed by atoms with E-state index in [1.165, 1.54) is 5.56 Å². The summed E-state index contributed by atoms with van der Waals surface area (Å²) in [5, 5.41) is 9.23. The van der Waals surface area contributed by atoms with Gasteiger partial charge in [0, 0.05) is 0 Å². The molecule has 0 atom stereocenters. The van der Waals surface area contributed by atoms with E-state index in [-0.39, 0.29) is 10.8 Å². The van der Waals surface area contributed by atoms with Gasteiger partial charge < -0.3 is 5.11 Å². The topological polar surface area (TPSA) is 20.2 Å². The smallest absolute Gasteiger partial charge is 0.115 e. The van der Waals surface area contributed by atoms with Crippen LogP contribution in [0.1, 0.15) is 39.7 Å². The molecule has 1 rings (SSSR count). The Hall–Kier alpha value is -0.980. The lowest BCUT2D eigenvalue weighted by molar-refractivity contribution is 0.318. The van der Waals surface area contributed by atoms with Crippen LogP contribution in [0, 0.1) is 12.3 Å². The Morgan fingerprint density at radius 2 is 1.53 bits per heavy atom. The quantitative estimate of drug-likeness (QED) is 0.794. The highest BCUT2D eigenvalue weighted by Crippen LogP contribution is 2.36. The van der Waals surface area contributed by atoms with Gasteiger partial charge in [0.05, 0.1) is 0 Å². The van der Waals surface area contributed by atoms with Gasteiger partial charge in [0.2, 0.25) is 0 Å². The summed E-state index contributed by atoms with van der Waals surface area (Å²) in [6.07, 6.45) is 0.908. The molecule has 0 aliphatic carbocycles. The highest BCUT2D eigenvalue weighted by atomic mass is 16.3. The summed E-state index contributed by atoms with van der Waals surface area (Å²) in [5.41, 5.74) is 1.06. The number of aromatic hydroxyl groups is 1. The summed E-state index contributed by atoms with van der Waals surface area (Å²) >= 11 is 0. The Kier molecular flexibility index (Phi) is 3.13. The third kappa shape index (κ3) is 3.58. The minimum Gasteiger partial charge on any atom is -0.508 e. The van der Waals surface area contributed by atoms with Gasteiger partial charge in [0.1, 0.15) is 5.75 Å².